The van der Waals surface area contributed by atoms with E-state index in [0.29, 0.717) is 0 Å². The lowest BCUT2D eigenvalue weighted by atomic mass is 9.98. The van der Waals surface area contributed by atoms with Gasteiger partial charge in [0, 0.05) is 23.9 Å². The van der Waals surface area contributed by atoms with E-state index in [9.17, 15) is 5.11 Å². The van der Waals surface area contributed by atoms with Crippen LogP contribution >= 0.6 is 11.3 Å². The van der Waals surface area contributed by atoms with Gasteiger partial charge in [-0.05, 0) is 20.4 Å². The highest BCUT2D eigenvalue weighted by Gasteiger charge is 2.18. The fourth-order valence-corrected chi connectivity index (χ4v) is 2.39. The molecule has 1 aromatic rings. The Labute approximate surface area is 108 Å². The van der Waals surface area contributed by atoms with Crippen LogP contribution in [0.5, 0.6) is 0 Å². The molecule has 0 radical (unpaired) electrons. The molecule has 1 N–H and O–H groups in total. The first-order valence-corrected chi connectivity index (χ1v) is 6.98. The van der Waals surface area contributed by atoms with E-state index in [-0.39, 0.29) is 11.5 Å². The fourth-order valence-electron chi connectivity index (χ4n) is 1.49. The van der Waals surface area contributed by atoms with Gasteiger partial charge in [0.1, 0.15) is 0 Å². The van der Waals surface area contributed by atoms with Crippen molar-refractivity contribution in [1.82, 2.24) is 9.88 Å². The maximum Gasteiger partial charge on any atom is 0.0982 e. The first-order valence-electron chi connectivity index (χ1n) is 6.10. The van der Waals surface area contributed by atoms with Gasteiger partial charge in [-0.25, -0.2) is 4.98 Å². The standard InChI is InChI=1S/C13H24N2OS/c1-10(16)6-7-15(5)8-11-9-17-12(14-11)13(2,3)4/h9-10,16H,6-8H2,1-5H3. The maximum absolute atomic E-state index is 9.24. The molecule has 4 heteroatoms. The lowest BCUT2D eigenvalue weighted by Crippen LogP contribution is -2.22. The Morgan fingerprint density at radius 1 is 1.47 bits per heavy atom. The van der Waals surface area contributed by atoms with Crippen LogP contribution in [0.15, 0.2) is 5.38 Å². The van der Waals surface area contributed by atoms with E-state index in [0.717, 1.165) is 25.2 Å². The molecular formula is C13H24N2OS. The van der Waals surface area contributed by atoms with E-state index in [2.05, 4.69) is 43.1 Å². The van der Waals surface area contributed by atoms with E-state index in [4.69, 9.17) is 0 Å². The molecule has 0 aliphatic rings. The largest absolute Gasteiger partial charge is 0.393 e. The summed E-state index contributed by atoms with van der Waals surface area (Å²) in [5.41, 5.74) is 1.27. The molecule has 3 nitrogen and oxygen atoms in total. The van der Waals surface area contributed by atoms with Crippen LogP contribution in [0.25, 0.3) is 0 Å². The van der Waals surface area contributed by atoms with Gasteiger partial charge < -0.3 is 10.0 Å². The van der Waals surface area contributed by atoms with Crippen LogP contribution in [0.2, 0.25) is 0 Å². The zero-order valence-corrected chi connectivity index (χ0v) is 12.3. The Morgan fingerprint density at radius 3 is 2.59 bits per heavy atom. The van der Waals surface area contributed by atoms with Crippen molar-refractivity contribution in [2.45, 2.75) is 52.2 Å². The van der Waals surface area contributed by atoms with Crippen LogP contribution in [0.1, 0.15) is 44.8 Å². The SMILES string of the molecule is CC(O)CCN(C)Cc1csc(C(C)(C)C)n1. The topological polar surface area (TPSA) is 36.4 Å². The molecule has 1 atom stereocenters. The number of hydrogen-bond acceptors (Lipinski definition) is 4. The Balaban J connectivity index is 2.49. The lowest BCUT2D eigenvalue weighted by molar-refractivity contribution is 0.162. The van der Waals surface area contributed by atoms with Gasteiger partial charge in [-0.3, -0.25) is 0 Å². The molecule has 0 spiro atoms. The summed E-state index contributed by atoms with van der Waals surface area (Å²) in [6.45, 7) is 10.2. The van der Waals surface area contributed by atoms with Gasteiger partial charge in [0.15, 0.2) is 0 Å². The predicted molar refractivity (Wildman–Crippen MR) is 73.4 cm³/mol. The zero-order chi connectivity index (χ0) is 13.1. The molecule has 1 rings (SSSR count). The van der Waals surface area contributed by atoms with Crippen LogP contribution in [0.4, 0.5) is 0 Å². The fraction of sp³-hybridized carbons (Fsp3) is 0.769. The smallest absolute Gasteiger partial charge is 0.0982 e. The molecule has 1 unspecified atom stereocenters. The van der Waals surface area contributed by atoms with E-state index in [1.165, 1.54) is 5.01 Å². The van der Waals surface area contributed by atoms with Crippen LogP contribution in [-0.2, 0) is 12.0 Å². The average Bonchev–Trinajstić information content (AvgIpc) is 2.62. The van der Waals surface area contributed by atoms with Gasteiger partial charge in [0.2, 0.25) is 0 Å². The summed E-state index contributed by atoms with van der Waals surface area (Å²) >= 11 is 1.74. The number of aromatic nitrogens is 1. The summed E-state index contributed by atoms with van der Waals surface area (Å²) in [5.74, 6) is 0. The van der Waals surface area contributed by atoms with Crippen molar-refractivity contribution < 1.29 is 5.11 Å². The highest BCUT2D eigenvalue weighted by atomic mass is 32.1. The quantitative estimate of drug-likeness (QED) is 0.880. The zero-order valence-electron chi connectivity index (χ0n) is 11.5. The first kappa shape index (κ1) is 14.6. The molecule has 0 fully saturated rings. The van der Waals surface area contributed by atoms with Crippen LogP contribution in [-0.4, -0.2) is 34.7 Å². The molecule has 1 heterocycles. The van der Waals surface area contributed by atoms with Gasteiger partial charge in [0.05, 0.1) is 16.8 Å². The number of thiazole rings is 1. The second kappa shape index (κ2) is 5.94. The second-order valence-electron chi connectivity index (χ2n) is 5.77. The van der Waals surface area contributed by atoms with Crippen LogP contribution < -0.4 is 0 Å². The second-order valence-corrected chi connectivity index (χ2v) is 6.63. The van der Waals surface area contributed by atoms with Gasteiger partial charge in [-0.1, -0.05) is 20.8 Å². The molecule has 17 heavy (non-hydrogen) atoms. The molecule has 0 aromatic carbocycles. The van der Waals surface area contributed by atoms with Crippen LogP contribution in [0, 0.1) is 0 Å². The normalized spacial score (nSPS) is 14.3. The van der Waals surface area contributed by atoms with Gasteiger partial charge in [0.25, 0.3) is 0 Å². The minimum Gasteiger partial charge on any atom is -0.393 e. The summed E-state index contributed by atoms with van der Waals surface area (Å²) < 4.78 is 0. The van der Waals surface area contributed by atoms with E-state index in [1.807, 2.05) is 6.92 Å². The number of hydrogen-bond donors (Lipinski definition) is 1. The molecule has 0 amide bonds. The summed E-state index contributed by atoms with van der Waals surface area (Å²) in [6, 6.07) is 0. The van der Waals surface area contributed by atoms with Gasteiger partial charge in [-0.2, -0.15) is 0 Å². The minimum atomic E-state index is -0.224. The Morgan fingerprint density at radius 2 is 2.12 bits per heavy atom. The lowest BCUT2D eigenvalue weighted by Gasteiger charge is -2.16. The van der Waals surface area contributed by atoms with Crippen molar-refractivity contribution in [1.29, 1.82) is 0 Å². The molecule has 0 aliphatic carbocycles. The Kier molecular flexibility index (Phi) is 5.10. The third-order valence-electron chi connectivity index (χ3n) is 2.55. The van der Waals surface area contributed by atoms with Crippen molar-refractivity contribution in [3.05, 3.63) is 16.1 Å². The summed E-state index contributed by atoms with van der Waals surface area (Å²) in [5, 5.41) is 12.6. The average molecular weight is 256 g/mol. The van der Waals surface area contributed by atoms with Gasteiger partial charge >= 0.3 is 0 Å². The third-order valence-corrected chi connectivity index (χ3v) is 3.87. The summed E-state index contributed by atoms with van der Waals surface area (Å²) in [6.07, 6.45) is 0.588. The van der Waals surface area contributed by atoms with Crippen molar-refractivity contribution in [2.24, 2.45) is 0 Å². The van der Waals surface area contributed by atoms with Crippen molar-refractivity contribution in [2.75, 3.05) is 13.6 Å². The predicted octanol–water partition coefficient (Wildman–Crippen LogP) is 2.64. The highest BCUT2D eigenvalue weighted by molar-refractivity contribution is 7.09. The van der Waals surface area contributed by atoms with E-state index in [1.54, 1.807) is 11.3 Å². The maximum atomic E-state index is 9.24. The molecular weight excluding hydrogens is 232 g/mol. The highest BCUT2D eigenvalue weighted by Crippen LogP contribution is 2.25. The van der Waals surface area contributed by atoms with Gasteiger partial charge in [-0.15, -0.1) is 11.3 Å². The van der Waals surface area contributed by atoms with Crippen LogP contribution in [0.3, 0.4) is 0 Å². The molecule has 0 saturated heterocycles. The molecule has 0 aliphatic heterocycles. The van der Waals surface area contributed by atoms with E-state index < -0.39 is 0 Å². The molecule has 98 valence electrons. The van der Waals surface area contributed by atoms with Crippen molar-refractivity contribution >= 4 is 11.3 Å². The summed E-state index contributed by atoms with van der Waals surface area (Å²) in [7, 11) is 2.07. The van der Waals surface area contributed by atoms with E-state index >= 15 is 0 Å². The summed E-state index contributed by atoms with van der Waals surface area (Å²) in [4.78, 5) is 6.87. The van der Waals surface area contributed by atoms with Crippen molar-refractivity contribution in [3.63, 3.8) is 0 Å². The van der Waals surface area contributed by atoms with Crippen molar-refractivity contribution in [3.8, 4) is 0 Å². The monoisotopic (exact) mass is 256 g/mol. The molecule has 0 bridgehead atoms. The first-order chi connectivity index (χ1) is 7.79. The number of nitrogens with zero attached hydrogens (tertiary/aromatic N) is 2. The molecule has 0 saturated carbocycles. The Bertz CT molecular complexity index is 341. The number of rotatable bonds is 5. The number of aliphatic hydroxyl groups excluding tert-OH is 1. The Hall–Kier alpha value is -0.450. The third kappa shape index (κ3) is 5.15. The molecule has 1 aromatic heterocycles. The number of aliphatic hydroxyl groups is 1. The minimum absolute atomic E-state index is 0.140.